The van der Waals surface area contributed by atoms with Gasteiger partial charge >= 0.3 is 0 Å². The van der Waals surface area contributed by atoms with E-state index in [-0.39, 0.29) is 5.69 Å². The fourth-order valence-corrected chi connectivity index (χ4v) is 1.90. The van der Waals surface area contributed by atoms with Crippen molar-refractivity contribution in [1.82, 2.24) is 20.2 Å². The number of hydrogen-bond acceptors (Lipinski definition) is 3. The number of aromatic nitrogens is 4. The van der Waals surface area contributed by atoms with Crippen LogP contribution in [0.5, 0.6) is 0 Å². The van der Waals surface area contributed by atoms with Gasteiger partial charge in [0.25, 0.3) is 0 Å². The number of hydrogen-bond donors (Lipinski definition) is 0. The second kappa shape index (κ2) is 4.87. The van der Waals surface area contributed by atoms with Gasteiger partial charge in [-0.05, 0) is 29.0 Å². The molecule has 0 spiro atoms. The number of tetrazole rings is 1. The fourth-order valence-electron chi connectivity index (χ4n) is 1.50. The number of rotatable bonds is 3. The molecule has 1 heterocycles. The van der Waals surface area contributed by atoms with E-state index in [0.717, 1.165) is 11.1 Å². The first kappa shape index (κ1) is 12.1. The Kier molecular flexibility index (Phi) is 3.46. The zero-order valence-electron chi connectivity index (χ0n) is 8.99. The molecule has 7 heteroatoms. The van der Waals surface area contributed by atoms with Crippen LogP contribution in [0.3, 0.4) is 0 Å². The molecule has 1 aromatic heterocycles. The third-order valence-corrected chi connectivity index (χ3v) is 2.66. The monoisotopic (exact) mass is 302 g/mol. The van der Waals surface area contributed by atoms with Gasteiger partial charge in [0.1, 0.15) is 5.69 Å². The number of benzene rings is 1. The number of halogens is 3. The van der Waals surface area contributed by atoms with Gasteiger partial charge in [-0.3, -0.25) is 0 Å². The van der Waals surface area contributed by atoms with Gasteiger partial charge in [-0.2, -0.15) is 4.68 Å². The minimum absolute atomic E-state index is 0.248. The summed E-state index contributed by atoms with van der Waals surface area (Å²) in [6.07, 6.45) is 1.35. The molecule has 0 amide bonds. The van der Waals surface area contributed by atoms with Gasteiger partial charge in [0, 0.05) is 10.9 Å². The van der Waals surface area contributed by atoms with Gasteiger partial charge in [-0.15, -0.1) is 5.10 Å². The predicted octanol–water partition coefficient (Wildman–Crippen LogP) is 2.66. The largest absolute Gasteiger partial charge is 0.204 e. The predicted molar refractivity (Wildman–Crippen MR) is 60.8 cm³/mol. The van der Waals surface area contributed by atoms with Crippen LogP contribution in [-0.2, 0) is 6.42 Å². The van der Waals surface area contributed by atoms with Crippen molar-refractivity contribution in [3.05, 3.63) is 34.1 Å². The molecule has 4 nitrogen and oxygen atoms in total. The molecule has 0 saturated heterocycles. The molecule has 0 bridgehead atoms. The van der Waals surface area contributed by atoms with Gasteiger partial charge < -0.3 is 0 Å². The van der Waals surface area contributed by atoms with Gasteiger partial charge in [0.15, 0.2) is 17.5 Å². The van der Waals surface area contributed by atoms with E-state index in [4.69, 9.17) is 0 Å². The molecule has 0 atom stereocenters. The lowest BCUT2D eigenvalue weighted by atomic mass is 10.2. The Balaban J connectivity index is 2.56. The van der Waals surface area contributed by atoms with Crippen LogP contribution in [0.2, 0.25) is 0 Å². The van der Waals surface area contributed by atoms with Crippen LogP contribution in [0.4, 0.5) is 8.78 Å². The van der Waals surface area contributed by atoms with Crippen molar-refractivity contribution in [3.8, 4) is 5.69 Å². The van der Waals surface area contributed by atoms with Crippen molar-refractivity contribution >= 4 is 15.9 Å². The van der Waals surface area contributed by atoms with E-state index in [1.165, 1.54) is 12.1 Å². The van der Waals surface area contributed by atoms with Gasteiger partial charge in [-0.1, -0.05) is 22.9 Å². The summed E-state index contributed by atoms with van der Waals surface area (Å²) in [7, 11) is 0. The maximum absolute atomic E-state index is 13.7. The molecule has 0 aliphatic carbocycles. The molecular weight excluding hydrogens is 294 g/mol. The highest BCUT2D eigenvalue weighted by atomic mass is 79.9. The molecule has 0 N–H and O–H groups in total. The van der Waals surface area contributed by atoms with E-state index < -0.39 is 11.6 Å². The molecule has 90 valence electrons. The van der Waals surface area contributed by atoms with Crippen LogP contribution in [0.15, 0.2) is 16.6 Å². The summed E-state index contributed by atoms with van der Waals surface area (Å²) >= 11 is 3.02. The first-order chi connectivity index (χ1) is 8.13. The zero-order valence-corrected chi connectivity index (χ0v) is 10.6. The van der Waals surface area contributed by atoms with Crippen molar-refractivity contribution in [3.63, 3.8) is 0 Å². The van der Waals surface area contributed by atoms with Gasteiger partial charge in [0.05, 0.1) is 0 Å². The molecule has 17 heavy (non-hydrogen) atoms. The third kappa shape index (κ3) is 2.33. The Morgan fingerprint density at radius 3 is 2.53 bits per heavy atom. The Morgan fingerprint density at radius 2 is 1.94 bits per heavy atom. The molecule has 0 radical (unpaired) electrons. The van der Waals surface area contributed by atoms with Crippen molar-refractivity contribution < 1.29 is 8.78 Å². The highest BCUT2D eigenvalue weighted by Crippen LogP contribution is 2.22. The Morgan fingerprint density at radius 1 is 1.29 bits per heavy atom. The topological polar surface area (TPSA) is 43.6 Å². The molecular formula is C10H9BrF2N4. The first-order valence-corrected chi connectivity index (χ1v) is 5.85. The summed E-state index contributed by atoms with van der Waals surface area (Å²) in [4.78, 5) is 0. The average molecular weight is 303 g/mol. The van der Waals surface area contributed by atoms with E-state index in [0.29, 0.717) is 16.7 Å². The first-order valence-electron chi connectivity index (χ1n) is 5.05. The van der Waals surface area contributed by atoms with Crippen molar-refractivity contribution in [2.75, 3.05) is 0 Å². The summed E-state index contributed by atoms with van der Waals surface area (Å²) in [5.74, 6) is -0.976. The van der Waals surface area contributed by atoms with Crippen LogP contribution < -0.4 is 0 Å². The maximum atomic E-state index is 13.7. The highest BCUT2D eigenvalue weighted by molar-refractivity contribution is 9.10. The molecule has 1 aromatic carbocycles. The normalized spacial score (nSPS) is 10.8. The van der Waals surface area contributed by atoms with Crippen molar-refractivity contribution in [2.24, 2.45) is 0 Å². The van der Waals surface area contributed by atoms with E-state index in [1.807, 2.05) is 6.92 Å². The summed E-state index contributed by atoms with van der Waals surface area (Å²) in [5.41, 5.74) is -0.248. The summed E-state index contributed by atoms with van der Waals surface area (Å²) in [6.45, 7) is 1.94. The maximum Gasteiger partial charge on any atom is 0.156 e. The average Bonchev–Trinajstić information content (AvgIpc) is 2.65. The number of aryl methyl sites for hydroxylation is 1. The van der Waals surface area contributed by atoms with E-state index in [1.54, 1.807) is 0 Å². The molecule has 0 saturated carbocycles. The summed E-state index contributed by atoms with van der Waals surface area (Å²) < 4.78 is 28.8. The molecule has 2 rings (SSSR count). The van der Waals surface area contributed by atoms with Crippen LogP contribution in [0.25, 0.3) is 5.69 Å². The molecule has 0 aliphatic rings. The summed E-state index contributed by atoms with van der Waals surface area (Å²) in [6, 6.07) is 2.35. The second-order valence-corrected chi connectivity index (χ2v) is 4.39. The lowest BCUT2D eigenvalue weighted by Gasteiger charge is -2.06. The SMILES string of the molecule is CCCc1nnnn1-c1c(F)cc(Br)cc1F. The van der Waals surface area contributed by atoms with Gasteiger partial charge in [0.2, 0.25) is 0 Å². The molecule has 2 aromatic rings. The standard InChI is InChI=1S/C10H9BrF2N4/c1-2-3-9-14-15-16-17(9)10-7(12)4-6(11)5-8(10)13/h4-5H,2-3H2,1H3. The van der Waals surface area contributed by atoms with Crippen LogP contribution >= 0.6 is 15.9 Å². The number of nitrogens with zero attached hydrogens (tertiary/aromatic N) is 4. The highest BCUT2D eigenvalue weighted by Gasteiger charge is 2.17. The minimum atomic E-state index is -0.707. The smallest absolute Gasteiger partial charge is 0.156 e. The van der Waals surface area contributed by atoms with E-state index in [9.17, 15) is 8.78 Å². The molecule has 0 aliphatic heterocycles. The van der Waals surface area contributed by atoms with Crippen LogP contribution in [0, 0.1) is 11.6 Å². The molecule has 0 fully saturated rings. The van der Waals surface area contributed by atoms with Gasteiger partial charge in [-0.25, -0.2) is 8.78 Å². The lowest BCUT2D eigenvalue weighted by Crippen LogP contribution is -2.08. The van der Waals surface area contributed by atoms with E-state index >= 15 is 0 Å². The van der Waals surface area contributed by atoms with E-state index in [2.05, 4.69) is 31.5 Å². The van der Waals surface area contributed by atoms with Crippen molar-refractivity contribution in [2.45, 2.75) is 19.8 Å². The van der Waals surface area contributed by atoms with Crippen LogP contribution in [-0.4, -0.2) is 20.2 Å². The van der Waals surface area contributed by atoms with Crippen LogP contribution in [0.1, 0.15) is 19.2 Å². The second-order valence-electron chi connectivity index (χ2n) is 3.47. The zero-order chi connectivity index (χ0) is 12.4. The molecule has 0 unspecified atom stereocenters. The fraction of sp³-hybridized carbons (Fsp3) is 0.300. The lowest BCUT2D eigenvalue weighted by molar-refractivity contribution is 0.549. The quantitative estimate of drug-likeness (QED) is 0.875. The minimum Gasteiger partial charge on any atom is -0.204 e. The Labute approximate surface area is 105 Å². The third-order valence-electron chi connectivity index (χ3n) is 2.20. The summed E-state index contributed by atoms with van der Waals surface area (Å²) in [5, 5.41) is 10.8. The van der Waals surface area contributed by atoms with Crippen molar-refractivity contribution in [1.29, 1.82) is 0 Å². The Bertz CT molecular complexity index is 518. The Hall–Kier alpha value is -1.37.